The van der Waals surface area contributed by atoms with Crippen LogP contribution < -0.4 is 5.32 Å². The molecule has 18 heavy (non-hydrogen) atoms. The number of halogens is 1. The second-order valence-electron chi connectivity index (χ2n) is 4.29. The maximum absolute atomic E-state index is 9.69. The van der Waals surface area contributed by atoms with Crippen molar-refractivity contribution >= 4 is 15.9 Å². The molecule has 0 aromatic heterocycles. The Bertz CT molecular complexity index is 527. The summed E-state index contributed by atoms with van der Waals surface area (Å²) in [5.74, 6) is 0.339. The Kier molecular flexibility index (Phi) is 4.39. The fourth-order valence-corrected chi connectivity index (χ4v) is 2.23. The van der Waals surface area contributed by atoms with Crippen molar-refractivity contribution in [1.82, 2.24) is 5.32 Å². The molecule has 2 aromatic carbocycles. The van der Waals surface area contributed by atoms with Crippen LogP contribution >= 0.6 is 15.9 Å². The fraction of sp³-hybridized carbons (Fsp3) is 0.200. The van der Waals surface area contributed by atoms with E-state index in [-0.39, 0.29) is 6.04 Å². The molecule has 0 bridgehead atoms. The minimum Gasteiger partial charge on any atom is -0.508 e. The first-order valence-corrected chi connectivity index (χ1v) is 6.72. The first kappa shape index (κ1) is 13.1. The summed E-state index contributed by atoms with van der Waals surface area (Å²) in [6, 6.07) is 15.9. The van der Waals surface area contributed by atoms with E-state index in [4.69, 9.17) is 0 Å². The molecule has 3 heteroatoms. The lowest BCUT2D eigenvalue weighted by atomic mass is 10.1. The van der Waals surface area contributed by atoms with Crippen LogP contribution in [-0.2, 0) is 6.54 Å². The summed E-state index contributed by atoms with van der Waals surface area (Å²) in [6.45, 7) is 2.77. The molecule has 2 aromatic rings. The standard InChI is InChI=1S/C15H16BrNO/c1-11(12-6-4-7-14(16)9-12)17-10-13-5-2-3-8-15(13)18/h2-9,11,17-18H,10H2,1H3/t11-/m1/s1. The number of phenolic OH excluding ortho intramolecular Hbond substituents is 1. The van der Waals surface area contributed by atoms with Crippen LogP contribution in [0.1, 0.15) is 24.1 Å². The number of para-hydroxylation sites is 1. The molecule has 0 amide bonds. The van der Waals surface area contributed by atoms with Gasteiger partial charge in [-0.05, 0) is 30.7 Å². The number of phenols is 1. The van der Waals surface area contributed by atoms with Gasteiger partial charge in [0.05, 0.1) is 0 Å². The van der Waals surface area contributed by atoms with Gasteiger partial charge < -0.3 is 10.4 Å². The van der Waals surface area contributed by atoms with Crippen molar-refractivity contribution < 1.29 is 5.11 Å². The number of rotatable bonds is 4. The van der Waals surface area contributed by atoms with Crippen molar-refractivity contribution in [3.63, 3.8) is 0 Å². The average molecular weight is 306 g/mol. The second-order valence-corrected chi connectivity index (χ2v) is 5.20. The first-order chi connectivity index (χ1) is 8.66. The van der Waals surface area contributed by atoms with Gasteiger partial charge in [0.1, 0.15) is 5.75 Å². The van der Waals surface area contributed by atoms with Crippen molar-refractivity contribution in [1.29, 1.82) is 0 Å². The molecule has 0 radical (unpaired) electrons. The van der Waals surface area contributed by atoms with Gasteiger partial charge in [-0.25, -0.2) is 0 Å². The number of aromatic hydroxyl groups is 1. The molecule has 0 saturated carbocycles. The zero-order chi connectivity index (χ0) is 13.0. The predicted octanol–water partition coefficient (Wildman–Crippen LogP) is 4.01. The monoisotopic (exact) mass is 305 g/mol. The van der Waals surface area contributed by atoms with Crippen molar-refractivity contribution in [2.75, 3.05) is 0 Å². The number of nitrogens with one attached hydrogen (secondary N) is 1. The van der Waals surface area contributed by atoms with Crippen molar-refractivity contribution in [3.8, 4) is 5.75 Å². The first-order valence-electron chi connectivity index (χ1n) is 5.92. The molecule has 1 atom stereocenters. The van der Waals surface area contributed by atoms with Crippen molar-refractivity contribution in [2.45, 2.75) is 19.5 Å². The van der Waals surface area contributed by atoms with E-state index < -0.39 is 0 Å². The highest BCUT2D eigenvalue weighted by Crippen LogP contribution is 2.20. The Morgan fingerprint density at radius 3 is 2.67 bits per heavy atom. The largest absolute Gasteiger partial charge is 0.508 e. The van der Waals surface area contributed by atoms with E-state index >= 15 is 0 Å². The van der Waals surface area contributed by atoms with Gasteiger partial charge in [0, 0.05) is 22.6 Å². The van der Waals surface area contributed by atoms with Crippen LogP contribution in [0.5, 0.6) is 5.75 Å². The Balaban J connectivity index is 2.00. The molecule has 0 aliphatic rings. The van der Waals surface area contributed by atoms with Crippen LogP contribution in [0.15, 0.2) is 53.0 Å². The van der Waals surface area contributed by atoms with E-state index in [2.05, 4.69) is 40.3 Å². The van der Waals surface area contributed by atoms with Crippen LogP contribution in [0.25, 0.3) is 0 Å². The SMILES string of the molecule is C[C@@H](NCc1ccccc1O)c1cccc(Br)c1. The maximum Gasteiger partial charge on any atom is 0.120 e. The normalized spacial score (nSPS) is 12.3. The predicted molar refractivity (Wildman–Crippen MR) is 77.5 cm³/mol. The molecule has 0 heterocycles. The smallest absolute Gasteiger partial charge is 0.120 e. The molecule has 0 aliphatic carbocycles. The molecule has 2 rings (SSSR count). The molecule has 0 spiro atoms. The molecule has 0 aliphatic heterocycles. The molecule has 2 nitrogen and oxygen atoms in total. The van der Waals surface area contributed by atoms with Gasteiger partial charge in [0.15, 0.2) is 0 Å². The third-order valence-corrected chi connectivity index (χ3v) is 3.43. The second kappa shape index (κ2) is 6.03. The molecular formula is C15H16BrNO. The zero-order valence-corrected chi connectivity index (χ0v) is 11.8. The highest BCUT2D eigenvalue weighted by atomic mass is 79.9. The number of hydrogen-bond donors (Lipinski definition) is 2. The lowest BCUT2D eigenvalue weighted by Crippen LogP contribution is -2.18. The lowest BCUT2D eigenvalue weighted by Gasteiger charge is -2.15. The topological polar surface area (TPSA) is 32.3 Å². The number of hydrogen-bond acceptors (Lipinski definition) is 2. The van der Waals surface area contributed by atoms with Gasteiger partial charge in [0.25, 0.3) is 0 Å². The van der Waals surface area contributed by atoms with Gasteiger partial charge in [-0.2, -0.15) is 0 Å². The van der Waals surface area contributed by atoms with E-state index in [1.165, 1.54) is 5.56 Å². The summed E-state index contributed by atoms with van der Waals surface area (Å²) < 4.78 is 1.08. The van der Waals surface area contributed by atoms with Gasteiger partial charge in [-0.3, -0.25) is 0 Å². The van der Waals surface area contributed by atoms with Gasteiger partial charge in [0.2, 0.25) is 0 Å². The Hall–Kier alpha value is -1.32. The molecular weight excluding hydrogens is 290 g/mol. The van der Waals surface area contributed by atoms with Gasteiger partial charge in [-0.1, -0.05) is 46.3 Å². The Morgan fingerprint density at radius 1 is 1.17 bits per heavy atom. The van der Waals surface area contributed by atoms with Gasteiger partial charge >= 0.3 is 0 Å². The van der Waals surface area contributed by atoms with Crippen molar-refractivity contribution in [2.24, 2.45) is 0 Å². The van der Waals surface area contributed by atoms with Crippen LogP contribution in [0.3, 0.4) is 0 Å². The maximum atomic E-state index is 9.69. The minimum atomic E-state index is 0.238. The third kappa shape index (κ3) is 3.34. The summed E-state index contributed by atoms with van der Waals surface area (Å²) >= 11 is 3.47. The summed E-state index contributed by atoms with van der Waals surface area (Å²) in [5, 5.41) is 13.1. The van der Waals surface area contributed by atoms with Crippen LogP contribution in [-0.4, -0.2) is 5.11 Å². The van der Waals surface area contributed by atoms with Crippen LogP contribution in [0, 0.1) is 0 Å². The summed E-state index contributed by atoms with van der Waals surface area (Å²) in [7, 11) is 0. The highest BCUT2D eigenvalue weighted by Gasteiger charge is 2.06. The molecule has 0 unspecified atom stereocenters. The van der Waals surface area contributed by atoms with Gasteiger partial charge in [-0.15, -0.1) is 0 Å². The fourth-order valence-electron chi connectivity index (χ4n) is 1.82. The molecule has 0 fully saturated rings. The van der Waals surface area contributed by atoms with E-state index in [9.17, 15) is 5.11 Å². The van der Waals surface area contributed by atoms with Crippen LogP contribution in [0.4, 0.5) is 0 Å². The van der Waals surface area contributed by atoms with E-state index in [0.717, 1.165) is 10.0 Å². The summed E-state index contributed by atoms with van der Waals surface area (Å²) in [5.41, 5.74) is 2.14. The molecule has 0 saturated heterocycles. The third-order valence-electron chi connectivity index (χ3n) is 2.94. The summed E-state index contributed by atoms with van der Waals surface area (Å²) in [6.07, 6.45) is 0. The van der Waals surface area contributed by atoms with E-state index in [1.54, 1.807) is 6.07 Å². The molecule has 94 valence electrons. The average Bonchev–Trinajstić information content (AvgIpc) is 2.37. The zero-order valence-electron chi connectivity index (χ0n) is 10.2. The van der Waals surface area contributed by atoms with E-state index in [0.29, 0.717) is 12.3 Å². The summed E-state index contributed by atoms with van der Waals surface area (Å²) in [4.78, 5) is 0. The quantitative estimate of drug-likeness (QED) is 0.894. The Labute approximate surface area is 116 Å². The minimum absolute atomic E-state index is 0.238. The van der Waals surface area contributed by atoms with Crippen molar-refractivity contribution in [3.05, 3.63) is 64.1 Å². The lowest BCUT2D eigenvalue weighted by molar-refractivity contribution is 0.460. The van der Waals surface area contributed by atoms with E-state index in [1.807, 2.05) is 30.3 Å². The van der Waals surface area contributed by atoms with Crippen LogP contribution in [0.2, 0.25) is 0 Å². The molecule has 2 N–H and O–H groups in total. The highest BCUT2D eigenvalue weighted by molar-refractivity contribution is 9.10. The number of benzene rings is 2. The Morgan fingerprint density at radius 2 is 1.94 bits per heavy atom.